The quantitative estimate of drug-likeness (QED) is 0.747. The third-order valence-electron chi connectivity index (χ3n) is 3.02. The van der Waals surface area contributed by atoms with Crippen molar-refractivity contribution < 1.29 is 17.9 Å². The van der Waals surface area contributed by atoms with Crippen LogP contribution in [0.1, 0.15) is 24.6 Å². The maximum absolute atomic E-state index is 12.3. The zero-order chi connectivity index (χ0) is 15.0. The van der Waals surface area contributed by atoms with Crippen LogP contribution in [0.2, 0.25) is 0 Å². The SMILES string of the molecule is FC(F)(F)Oc1cccc(-c2cc(Br)nc(C3CC3)n2)c1. The number of aromatic nitrogens is 2. The Morgan fingerprint density at radius 1 is 1.14 bits per heavy atom. The lowest BCUT2D eigenvalue weighted by atomic mass is 10.1. The van der Waals surface area contributed by atoms with Gasteiger partial charge in [0.1, 0.15) is 16.2 Å². The first-order valence-corrected chi connectivity index (χ1v) is 7.11. The molecule has 110 valence electrons. The molecule has 0 amide bonds. The monoisotopic (exact) mass is 358 g/mol. The highest BCUT2D eigenvalue weighted by atomic mass is 79.9. The minimum Gasteiger partial charge on any atom is -0.406 e. The molecule has 0 atom stereocenters. The highest BCUT2D eigenvalue weighted by Crippen LogP contribution is 2.39. The average molecular weight is 359 g/mol. The largest absolute Gasteiger partial charge is 0.573 e. The molecule has 1 aliphatic rings. The van der Waals surface area contributed by atoms with Crippen LogP contribution in [0, 0.1) is 0 Å². The van der Waals surface area contributed by atoms with E-state index in [4.69, 9.17) is 0 Å². The van der Waals surface area contributed by atoms with Crippen LogP contribution in [0.5, 0.6) is 5.75 Å². The summed E-state index contributed by atoms with van der Waals surface area (Å²) < 4.78 is 41.3. The van der Waals surface area contributed by atoms with Gasteiger partial charge in [0.2, 0.25) is 0 Å². The van der Waals surface area contributed by atoms with E-state index < -0.39 is 6.36 Å². The fourth-order valence-corrected chi connectivity index (χ4v) is 2.36. The van der Waals surface area contributed by atoms with Crippen molar-refractivity contribution in [2.45, 2.75) is 25.1 Å². The van der Waals surface area contributed by atoms with Gasteiger partial charge >= 0.3 is 6.36 Å². The Labute approximate surface area is 127 Å². The molecule has 1 heterocycles. The molecular weight excluding hydrogens is 349 g/mol. The molecule has 3 nitrogen and oxygen atoms in total. The summed E-state index contributed by atoms with van der Waals surface area (Å²) in [6.45, 7) is 0. The molecule has 0 unspecified atom stereocenters. The number of halogens is 4. The number of alkyl halides is 3. The third kappa shape index (κ3) is 3.72. The summed E-state index contributed by atoms with van der Waals surface area (Å²) in [5, 5.41) is 0. The van der Waals surface area contributed by atoms with Crippen LogP contribution >= 0.6 is 15.9 Å². The van der Waals surface area contributed by atoms with Crippen LogP contribution in [-0.4, -0.2) is 16.3 Å². The minimum absolute atomic E-state index is 0.261. The van der Waals surface area contributed by atoms with E-state index in [0.717, 1.165) is 18.7 Å². The molecule has 0 spiro atoms. The van der Waals surface area contributed by atoms with Gasteiger partial charge < -0.3 is 4.74 Å². The van der Waals surface area contributed by atoms with Gasteiger partial charge in [0.25, 0.3) is 0 Å². The second kappa shape index (κ2) is 5.29. The molecule has 0 N–H and O–H groups in total. The van der Waals surface area contributed by atoms with Crippen LogP contribution in [0.4, 0.5) is 13.2 Å². The Balaban J connectivity index is 1.94. The molecule has 1 aliphatic carbocycles. The minimum atomic E-state index is -4.70. The normalized spacial score (nSPS) is 15.0. The lowest BCUT2D eigenvalue weighted by Gasteiger charge is -2.10. The van der Waals surface area contributed by atoms with Gasteiger partial charge in [-0.05, 0) is 47.0 Å². The average Bonchev–Trinajstić information content (AvgIpc) is 3.20. The summed E-state index contributed by atoms with van der Waals surface area (Å²) in [4.78, 5) is 8.72. The predicted molar refractivity (Wildman–Crippen MR) is 73.8 cm³/mol. The fourth-order valence-electron chi connectivity index (χ4n) is 1.96. The highest BCUT2D eigenvalue weighted by molar-refractivity contribution is 9.10. The molecule has 1 saturated carbocycles. The Morgan fingerprint density at radius 2 is 1.90 bits per heavy atom. The number of hydrogen-bond acceptors (Lipinski definition) is 3. The first-order chi connectivity index (χ1) is 9.90. The summed E-state index contributed by atoms with van der Waals surface area (Å²) in [6, 6.07) is 7.45. The number of rotatable bonds is 3. The Hall–Kier alpha value is -1.63. The maximum Gasteiger partial charge on any atom is 0.573 e. The lowest BCUT2D eigenvalue weighted by molar-refractivity contribution is -0.274. The molecule has 1 fully saturated rings. The molecule has 0 aliphatic heterocycles. The summed E-state index contributed by atoms with van der Waals surface area (Å²) in [7, 11) is 0. The Kier molecular flexibility index (Phi) is 3.61. The van der Waals surface area contributed by atoms with Gasteiger partial charge in [-0.25, -0.2) is 9.97 Å². The van der Waals surface area contributed by atoms with Crippen molar-refractivity contribution in [1.82, 2.24) is 9.97 Å². The smallest absolute Gasteiger partial charge is 0.406 e. The molecule has 1 aromatic heterocycles. The van der Waals surface area contributed by atoms with Gasteiger partial charge in [-0.1, -0.05) is 12.1 Å². The van der Waals surface area contributed by atoms with E-state index in [0.29, 0.717) is 21.8 Å². The molecule has 21 heavy (non-hydrogen) atoms. The van der Waals surface area contributed by atoms with Crippen LogP contribution in [0.25, 0.3) is 11.3 Å². The van der Waals surface area contributed by atoms with Gasteiger partial charge in [0.05, 0.1) is 5.69 Å². The summed E-state index contributed by atoms with van der Waals surface area (Å²) >= 11 is 3.31. The molecule has 0 radical (unpaired) electrons. The molecular formula is C14H10BrF3N2O. The summed E-state index contributed by atoms with van der Waals surface area (Å²) in [6.07, 6.45) is -2.61. The second-order valence-electron chi connectivity index (χ2n) is 4.78. The van der Waals surface area contributed by atoms with Crippen molar-refractivity contribution in [3.63, 3.8) is 0 Å². The molecule has 1 aromatic carbocycles. The van der Waals surface area contributed by atoms with E-state index >= 15 is 0 Å². The van der Waals surface area contributed by atoms with Crippen LogP contribution in [0.3, 0.4) is 0 Å². The van der Waals surface area contributed by atoms with E-state index in [2.05, 4.69) is 30.6 Å². The van der Waals surface area contributed by atoms with Crippen LogP contribution in [-0.2, 0) is 0 Å². The van der Waals surface area contributed by atoms with Crippen LogP contribution < -0.4 is 4.74 Å². The number of ether oxygens (including phenoxy) is 1. The van der Waals surface area contributed by atoms with E-state index in [1.165, 1.54) is 18.2 Å². The topological polar surface area (TPSA) is 35.0 Å². The van der Waals surface area contributed by atoms with E-state index in [-0.39, 0.29) is 5.75 Å². The Bertz CT molecular complexity index is 672. The molecule has 0 saturated heterocycles. The molecule has 3 rings (SSSR count). The third-order valence-corrected chi connectivity index (χ3v) is 3.42. The van der Waals surface area contributed by atoms with Crippen molar-refractivity contribution in [2.24, 2.45) is 0 Å². The molecule has 2 aromatic rings. The number of benzene rings is 1. The summed E-state index contributed by atoms with van der Waals surface area (Å²) in [5.74, 6) is 0.820. The first kappa shape index (κ1) is 14.3. The fraction of sp³-hybridized carbons (Fsp3) is 0.286. The van der Waals surface area contributed by atoms with Gasteiger partial charge in [-0.2, -0.15) is 0 Å². The van der Waals surface area contributed by atoms with Gasteiger partial charge in [-0.3, -0.25) is 0 Å². The van der Waals surface area contributed by atoms with Crippen LogP contribution in [0.15, 0.2) is 34.9 Å². The van der Waals surface area contributed by atoms with Gasteiger partial charge in [-0.15, -0.1) is 13.2 Å². The zero-order valence-corrected chi connectivity index (χ0v) is 12.3. The van der Waals surface area contributed by atoms with Gasteiger partial charge in [0, 0.05) is 11.5 Å². The van der Waals surface area contributed by atoms with Crippen molar-refractivity contribution in [3.05, 3.63) is 40.8 Å². The molecule has 7 heteroatoms. The first-order valence-electron chi connectivity index (χ1n) is 6.31. The molecule has 0 bridgehead atoms. The number of hydrogen-bond donors (Lipinski definition) is 0. The summed E-state index contributed by atoms with van der Waals surface area (Å²) in [5.41, 5.74) is 1.13. The van der Waals surface area contributed by atoms with E-state index in [1.54, 1.807) is 12.1 Å². The zero-order valence-electron chi connectivity index (χ0n) is 10.7. The van der Waals surface area contributed by atoms with E-state index in [1.807, 2.05) is 0 Å². The van der Waals surface area contributed by atoms with Gasteiger partial charge in [0.15, 0.2) is 0 Å². The van der Waals surface area contributed by atoms with Crippen molar-refractivity contribution in [2.75, 3.05) is 0 Å². The standard InChI is InChI=1S/C14H10BrF3N2O/c15-12-7-11(19-13(20-12)8-4-5-8)9-2-1-3-10(6-9)21-14(16,17)18/h1-3,6-8H,4-5H2. The predicted octanol–water partition coefficient (Wildman–Crippen LogP) is 4.68. The lowest BCUT2D eigenvalue weighted by Crippen LogP contribution is -2.17. The highest BCUT2D eigenvalue weighted by Gasteiger charge is 2.31. The number of nitrogens with zero attached hydrogens (tertiary/aromatic N) is 2. The Morgan fingerprint density at radius 3 is 2.57 bits per heavy atom. The van der Waals surface area contributed by atoms with Crippen molar-refractivity contribution in [1.29, 1.82) is 0 Å². The van der Waals surface area contributed by atoms with Crippen molar-refractivity contribution >= 4 is 15.9 Å². The maximum atomic E-state index is 12.3. The second-order valence-corrected chi connectivity index (χ2v) is 5.60. The van der Waals surface area contributed by atoms with Crippen molar-refractivity contribution in [3.8, 4) is 17.0 Å². The van der Waals surface area contributed by atoms with E-state index in [9.17, 15) is 13.2 Å².